The molecule has 0 N–H and O–H groups in total. The maximum absolute atomic E-state index is 6.17. The number of fused-ring (bicyclic) bond motifs is 1. The summed E-state index contributed by atoms with van der Waals surface area (Å²) in [5.74, 6) is 0.702. The third-order valence-electron chi connectivity index (χ3n) is 5.74. The molecule has 0 aliphatic rings. The second-order valence-electron chi connectivity index (χ2n) is 8.09. The molecule has 0 spiro atoms. The van der Waals surface area contributed by atoms with Crippen LogP contribution in [0.15, 0.2) is 137 Å². The fourth-order valence-corrected chi connectivity index (χ4v) is 4.03. The lowest BCUT2D eigenvalue weighted by molar-refractivity contribution is 0.627. The summed E-state index contributed by atoms with van der Waals surface area (Å²) in [7, 11) is 0. The van der Waals surface area contributed by atoms with Crippen molar-refractivity contribution < 1.29 is 4.42 Å². The van der Waals surface area contributed by atoms with Gasteiger partial charge in [-0.2, -0.15) is 10.2 Å². The van der Waals surface area contributed by atoms with Crippen LogP contribution in [0.4, 0.5) is 11.4 Å². The van der Waals surface area contributed by atoms with Crippen LogP contribution in [-0.4, -0.2) is 16.0 Å². The molecule has 35 heavy (non-hydrogen) atoms. The third-order valence-corrected chi connectivity index (χ3v) is 5.74. The van der Waals surface area contributed by atoms with E-state index in [0.717, 1.165) is 39.3 Å². The molecule has 0 amide bonds. The zero-order valence-electron chi connectivity index (χ0n) is 18.9. The zero-order chi connectivity index (χ0) is 23.5. The highest BCUT2D eigenvalue weighted by Crippen LogP contribution is 2.30. The summed E-state index contributed by atoms with van der Waals surface area (Å²) in [5.41, 5.74) is 5.31. The van der Waals surface area contributed by atoms with Crippen LogP contribution in [0.2, 0.25) is 0 Å². The Labute approximate surface area is 203 Å². The molecule has 5 nitrogen and oxygen atoms in total. The second kappa shape index (κ2) is 9.15. The van der Waals surface area contributed by atoms with Gasteiger partial charge in [-0.05, 0) is 48.5 Å². The van der Waals surface area contributed by atoms with E-state index in [2.05, 4.69) is 0 Å². The van der Waals surface area contributed by atoms with Gasteiger partial charge >= 0.3 is 0 Å². The van der Waals surface area contributed by atoms with E-state index in [-0.39, 0.29) is 0 Å². The highest BCUT2D eigenvalue weighted by molar-refractivity contribution is 5.91. The van der Waals surface area contributed by atoms with Crippen molar-refractivity contribution in [3.8, 4) is 17.1 Å². The van der Waals surface area contributed by atoms with E-state index in [1.807, 2.05) is 143 Å². The van der Waals surface area contributed by atoms with Crippen molar-refractivity contribution in [2.75, 3.05) is 5.01 Å². The molecular weight excluding hydrogens is 432 g/mol. The van der Waals surface area contributed by atoms with Gasteiger partial charge < -0.3 is 4.42 Å². The predicted octanol–water partition coefficient (Wildman–Crippen LogP) is 7.46. The molecule has 6 rings (SSSR count). The highest BCUT2D eigenvalue weighted by atomic mass is 16.3. The first-order valence-corrected chi connectivity index (χ1v) is 11.4. The normalized spacial score (nSPS) is 11.3. The molecule has 5 heteroatoms. The van der Waals surface area contributed by atoms with Crippen LogP contribution in [0.25, 0.3) is 28.1 Å². The molecule has 6 aromatic rings. The topological polar surface area (TPSA) is 46.6 Å². The second-order valence-corrected chi connectivity index (χ2v) is 8.09. The average molecular weight is 455 g/mol. The smallest absolute Gasteiger partial charge is 0.156 e. The number of para-hydroxylation sites is 4. The van der Waals surface area contributed by atoms with Crippen LogP contribution >= 0.6 is 0 Å². The molecule has 168 valence electrons. The fraction of sp³-hybridized carbons (Fsp3) is 0. The molecule has 4 aromatic carbocycles. The number of benzene rings is 4. The van der Waals surface area contributed by atoms with Gasteiger partial charge in [0.2, 0.25) is 0 Å². The van der Waals surface area contributed by atoms with Crippen LogP contribution in [0.3, 0.4) is 0 Å². The predicted molar refractivity (Wildman–Crippen MR) is 141 cm³/mol. The molecule has 0 bridgehead atoms. The molecule has 0 saturated carbocycles. The van der Waals surface area contributed by atoms with Gasteiger partial charge in [-0.3, -0.25) is 0 Å². The molecule has 0 radical (unpaired) electrons. The van der Waals surface area contributed by atoms with Gasteiger partial charge in [0.25, 0.3) is 0 Å². The van der Waals surface area contributed by atoms with Crippen molar-refractivity contribution in [1.82, 2.24) is 9.78 Å². The minimum Gasteiger partial charge on any atom is -0.454 e. The maximum Gasteiger partial charge on any atom is 0.156 e. The van der Waals surface area contributed by atoms with Crippen molar-refractivity contribution >= 4 is 28.6 Å². The molecule has 0 aliphatic heterocycles. The van der Waals surface area contributed by atoms with Gasteiger partial charge in [0.05, 0.1) is 23.3 Å². The Balaban J connectivity index is 1.47. The van der Waals surface area contributed by atoms with E-state index >= 15 is 0 Å². The van der Waals surface area contributed by atoms with E-state index in [9.17, 15) is 0 Å². The van der Waals surface area contributed by atoms with Crippen LogP contribution in [0.1, 0.15) is 5.56 Å². The minimum absolute atomic E-state index is 0.702. The largest absolute Gasteiger partial charge is 0.454 e. The first kappa shape index (κ1) is 20.7. The molecular formula is C30H22N4O. The van der Waals surface area contributed by atoms with Gasteiger partial charge in [0.1, 0.15) is 11.3 Å². The summed E-state index contributed by atoms with van der Waals surface area (Å²) >= 11 is 0. The first-order valence-electron chi connectivity index (χ1n) is 11.4. The summed E-state index contributed by atoms with van der Waals surface area (Å²) in [4.78, 5) is 0. The maximum atomic E-state index is 6.17. The van der Waals surface area contributed by atoms with Crippen molar-refractivity contribution in [1.29, 1.82) is 0 Å². The lowest BCUT2D eigenvalue weighted by Crippen LogP contribution is -2.09. The first-order chi connectivity index (χ1) is 17.3. The Morgan fingerprint density at radius 1 is 0.714 bits per heavy atom. The summed E-state index contributed by atoms with van der Waals surface area (Å²) in [6.07, 6.45) is 3.82. The number of anilines is 2. The van der Waals surface area contributed by atoms with Crippen LogP contribution in [0, 0.1) is 0 Å². The Kier molecular flexibility index (Phi) is 5.41. The van der Waals surface area contributed by atoms with E-state index < -0.39 is 0 Å². The van der Waals surface area contributed by atoms with Gasteiger partial charge in [-0.25, -0.2) is 9.69 Å². The number of hydrazone groups is 1. The van der Waals surface area contributed by atoms with Crippen molar-refractivity contribution in [3.05, 3.63) is 133 Å². The minimum atomic E-state index is 0.702. The van der Waals surface area contributed by atoms with E-state index in [1.165, 1.54) is 0 Å². The average Bonchev–Trinajstić information content (AvgIpc) is 3.55. The van der Waals surface area contributed by atoms with Crippen molar-refractivity contribution in [2.24, 2.45) is 5.10 Å². The van der Waals surface area contributed by atoms with Crippen LogP contribution in [-0.2, 0) is 0 Å². The summed E-state index contributed by atoms with van der Waals surface area (Å²) in [6, 6.07) is 40.2. The van der Waals surface area contributed by atoms with Gasteiger partial charge in [0.15, 0.2) is 5.76 Å². The summed E-state index contributed by atoms with van der Waals surface area (Å²) in [6.45, 7) is 0. The van der Waals surface area contributed by atoms with Crippen molar-refractivity contribution in [3.63, 3.8) is 0 Å². The highest BCUT2D eigenvalue weighted by Gasteiger charge is 2.16. The Bertz CT molecular complexity index is 1510. The van der Waals surface area contributed by atoms with E-state index in [4.69, 9.17) is 14.6 Å². The molecule has 0 unspecified atom stereocenters. The fourth-order valence-electron chi connectivity index (χ4n) is 4.03. The number of rotatable bonds is 6. The number of aromatic nitrogens is 2. The molecule has 2 heterocycles. The standard InChI is InChI=1S/C30H22N4O/c1-4-13-25(14-5-1)33-22-24(30(32-33)29-20-23-12-10-11-19-28(23)35-29)21-31-34(26-15-6-2-7-16-26)27-17-8-3-9-18-27/h1-22H/b31-21-. The van der Waals surface area contributed by atoms with Gasteiger partial charge in [-0.15, -0.1) is 0 Å². The molecule has 0 atom stereocenters. The zero-order valence-corrected chi connectivity index (χ0v) is 18.9. The lowest BCUT2D eigenvalue weighted by atomic mass is 10.2. The third kappa shape index (κ3) is 4.23. The quantitative estimate of drug-likeness (QED) is 0.194. The van der Waals surface area contributed by atoms with Crippen LogP contribution < -0.4 is 5.01 Å². The Morgan fingerprint density at radius 3 is 1.97 bits per heavy atom. The molecule has 0 fully saturated rings. The molecule has 0 aliphatic carbocycles. The summed E-state index contributed by atoms with van der Waals surface area (Å²) in [5, 5.41) is 12.7. The monoisotopic (exact) mass is 454 g/mol. The summed E-state index contributed by atoms with van der Waals surface area (Å²) < 4.78 is 8.03. The Morgan fingerprint density at radius 2 is 1.31 bits per heavy atom. The van der Waals surface area contributed by atoms with Gasteiger partial charge in [0, 0.05) is 17.1 Å². The molecule has 0 saturated heterocycles. The van der Waals surface area contributed by atoms with E-state index in [0.29, 0.717) is 5.76 Å². The number of hydrogen-bond acceptors (Lipinski definition) is 4. The molecule has 2 aromatic heterocycles. The SMILES string of the molecule is C(=N/N(c1ccccc1)c1ccccc1)/c1cn(-c2ccccc2)nc1-c1cc2ccccc2o1. The van der Waals surface area contributed by atoms with E-state index in [1.54, 1.807) is 0 Å². The number of furan rings is 1. The van der Waals surface area contributed by atoms with Crippen molar-refractivity contribution in [2.45, 2.75) is 0 Å². The Hall–Kier alpha value is -4.90. The van der Waals surface area contributed by atoms with Gasteiger partial charge in [-0.1, -0.05) is 72.8 Å². The number of hydrogen-bond donors (Lipinski definition) is 0. The number of nitrogens with zero attached hydrogens (tertiary/aromatic N) is 4. The lowest BCUT2D eigenvalue weighted by Gasteiger charge is -2.19. The van der Waals surface area contributed by atoms with Crippen LogP contribution in [0.5, 0.6) is 0 Å².